The van der Waals surface area contributed by atoms with Crippen LogP contribution >= 0.6 is 11.3 Å². The van der Waals surface area contributed by atoms with E-state index in [9.17, 15) is 19.8 Å². The molecule has 344 valence electrons. The van der Waals surface area contributed by atoms with Crippen LogP contribution in [0, 0.1) is 18.8 Å². The van der Waals surface area contributed by atoms with Crippen LogP contribution in [-0.4, -0.2) is 134 Å². The zero-order valence-corrected chi connectivity index (χ0v) is 38.8. The van der Waals surface area contributed by atoms with E-state index in [-0.39, 0.29) is 42.5 Å². The average Bonchev–Trinajstić information content (AvgIpc) is 4.06. The van der Waals surface area contributed by atoms with Crippen molar-refractivity contribution >= 4 is 28.8 Å². The lowest BCUT2D eigenvalue weighted by Crippen LogP contribution is -2.61. The zero-order valence-electron chi connectivity index (χ0n) is 38.0. The Labute approximate surface area is 384 Å². The molecule has 0 radical (unpaired) electrons. The lowest BCUT2D eigenvalue weighted by Gasteiger charge is -2.51. The predicted molar refractivity (Wildman–Crippen MR) is 249 cm³/mol. The number of nitrogens with zero attached hydrogens (tertiary/aromatic N) is 8. The van der Waals surface area contributed by atoms with Gasteiger partial charge in [0.25, 0.3) is 5.88 Å². The highest BCUT2D eigenvalue weighted by Gasteiger charge is 2.44. The third-order valence-electron chi connectivity index (χ3n) is 14.1. The number of aromatic hydroxyl groups is 1. The standard InChI is InChI=1S/C49H61N9O6S/c1-29(2)46(49(62)58-26-36(59)23-41(58)48(61)51-31(4)33-10-12-34(13-11-33)47-32(5)50-28-65-47)44-25-45(54-64-44)63-21-20-55-16-14-35(15-17-55)56-18-19-57-40-24-38(37-8-6-7-9-43(37)60)52-53-39(40)22-30(3)42(57)27-56/h6-13,24-25,28-31,35-36,41-42,46,59-60H,14-23,26-27H2,1-5H3,(H,51,61)/t30?,31-,36+,41-,42?,46+/m0/s1. The first-order valence-electron chi connectivity index (χ1n) is 23.2. The van der Waals surface area contributed by atoms with Crippen molar-refractivity contribution in [3.8, 4) is 33.3 Å². The third kappa shape index (κ3) is 9.49. The Bertz CT molecular complexity index is 2450. The van der Waals surface area contributed by atoms with Crippen molar-refractivity contribution in [1.29, 1.82) is 0 Å². The number of rotatable bonds is 13. The molecular weight excluding hydrogens is 843 g/mol. The molecule has 5 aromatic rings. The fourth-order valence-corrected chi connectivity index (χ4v) is 11.2. The summed E-state index contributed by atoms with van der Waals surface area (Å²) in [6.45, 7) is 16.3. The number of β-amino-alcohol motifs (C(OH)–C–C–N with tert-alkyl or cyclic N) is 1. The number of nitrogens with one attached hydrogen (secondary N) is 1. The maximum atomic E-state index is 14.2. The van der Waals surface area contributed by atoms with E-state index in [0.717, 1.165) is 91.6 Å². The second-order valence-corrected chi connectivity index (χ2v) is 19.6. The molecule has 15 nitrogen and oxygen atoms in total. The highest BCUT2D eigenvalue weighted by molar-refractivity contribution is 7.13. The number of thiazole rings is 1. The molecule has 9 rings (SSSR count). The summed E-state index contributed by atoms with van der Waals surface area (Å²) in [5.74, 6) is -0.0743. The van der Waals surface area contributed by atoms with Crippen LogP contribution in [0.5, 0.6) is 11.6 Å². The van der Waals surface area contributed by atoms with Crippen molar-refractivity contribution in [3.63, 3.8) is 0 Å². The van der Waals surface area contributed by atoms with Gasteiger partial charge in [0.2, 0.25) is 11.8 Å². The van der Waals surface area contributed by atoms with Gasteiger partial charge in [-0.05, 0) is 92.5 Å². The number of phenols is 1. The molecular formula is C49H61N9O6S. The SMILES string of the molecule is Cc1ncsc1-c1ccc([C@H](C)NC(=O)[C@@H]2C[C@@H](O)CN2C(=O)[C@@H](c2cc(OCCN3CCC(N4CCN5c6cc(-c7ccccc7O)nnc6CC(C)C5C4)CC3)no2)C(C)C)cc1. The number of fused-ring (bicyclic) bond motifs is 3. The molecule has 0 spiro atoms. The molecule has 65 heavy (non-hydrogen) atoms. The van der Waals surface area contributed by atoms with Gasteiger partial charge in [0.1, 0.15) is 24.3 Å². The van der Waals surface area contributed by atoms with Gasteiger partial charge >= 0.3 is 0 Å². The summed E-state index contributed by atoms with van der Waals surface area (Å²) >= 11 is 1.60. The molecule has 3 aromatic heterocycles. The van der Waals surface area contributed by atoms with Gasteiger partial charge in [-0.15, -0.1) is 16.4 Å². The van der Waals surface area contributed by atoms with E-state index in [1.54, 1.807) is 23.5 Å². The topological polar surface area (TPSA) is 174 Å². The van der Waals surface area contributed by atoms with E-state index in [4.69, 9.17) is 9.26 Å². The van der Waals surface area contributed by atoms with Crippen molar-refractivity contribution in [2.45, 2.75) is 96.5 Å². The van der Waals surface area contributed by atoms with E-state index in [2.05, 4.69) is 53.3 Å². The maximum absolute atomic E-state index is 14.2. The number of likely N-dealkylation sites (tertiary alicyclic amines) is 2. The largest absolute Gasteiger partial charge is 0.507 e. The number of ether oxygens (including phenoxy) is 1. The number of aryl methyl sites for hydroxylation is 1. The maximum Gasteiger partial charge on any atom is 0.254 e. The molecule has 2 unspecified atom stereocenters. The predicted octanol–water partition coefficient (Wildman–Crippen LogP) is 6.07. The van der Waals surface area contributed by atoms with Crippen LogP contribution < -0.4 is 15.0 Å². The van der Waals surface area contributed by atoms with Crippen molar-refractivity contribution < 1.29 is 29.1 Å². The van der Waals surface area contributed by atoms with Crippen LogP contribution in [0.25, 0.3) is 21.7 Å². The summed E-state index contributed by atoms with van der Waals surface area (Å²) in [4.78, 5) is 42.6. The molecule has 6 atom stereocenters. The molecule has 0 bridgehead atoms. The number of carbonyl (C=O) groups is 2. The molecule has 16 heteroatoms. The number of hydrogen-bond donors (Lipinski definition) is 3. The van der Waals surface area contributed by atoms with Gasteiger partial charge in [-0.2, -0.15) is 5.10 Å². The molecule has 2 aromatic carbocycles. The number of carbonyl (C=O) groups excluding carboxylic acids is 2. The van der Waals surface area contributed by atoms with Gasteiger partial charge in [0.05, 0.1) is 45.3 Å². The van der Waals surface area contributed by atoms with Gasteiger partial charge in [-0.1, -0.05) is 57.2 Å². The summed E-state index contributed by atoms with van der Waals surface area (Å²) < 4.78 is 11.8. The number of phenolic OH excluding ortho intramolecular Hbond substituents is 1. The molecule has 3 N–H and O–H groups in total. The summed E-state index contributed by atoms with van der Waals surface area (Å²) in [6, 6.07) is 19.0. The van der Waals surface area contributed by atoms with Crippen LogP contribution in [0.2, 0.25) is 0 Å². The summed E-state index contributed by atoms with van der Waals surface area (Å²) in [6.07, 6.45) is 2.43. The summed E-state index contributed by atoms with van der Waals surface area (Å²) in [5.41, 5.74) is 8.43. The van der Waals surface area contributed by atoms with Crippen molar-refractivity contribution in [2.75, 3.05) is 57.3 Å². The average molecular weight is 904 g/mol. The minimum Gasteiger partial charge on any atom is -0.507 e. The minimum atomic E-state index is -0.818. The number of amides is 2. The molecule has 0 saturated carbocycles. The van der Waals surface area contributed by atoms with Gasteiger partial charge in [-0.3, -0.25) is 19.4 Å². The highest BCUT2D eigenvalue weighted by atomic mass is 32.1. The Balaban J connectivity index is 0.748. The Morgan fingerprint density at radius 2 is 1.78 bits per heavy atom. The normalized spacial score (nSPS) is 22.7. The van der Waals surface area contributed by atoms with E-state index < -0.39 is 18.1 Å². The Hall–Kier alpha value is -5.42. The van der Waals surface area contributed by atoms with Crippen LogP contribution in [0.3, 0.4) is 0 Å². The molecule has 7 heterocycles. The Morgan fingerprint density at radius 1 is 1.00 bits per heavy atom. The van der Waals surface area contributed by atoms with Gasteiger partial charge in [-0.25, -0.2) is 4.98 Å². The quantitative estimate of drug-likeness (QED) is 0.124. The van der Waals surface area contributed by atoms with Crippen molar-refractivity contribution in [3.05, 3.63) is 88.9 Å². The number of para-hydroxylation sites is 1. The van der Waals surface area contributed by atoms with Crippen molar-refractivity contribution in [2.24, 2.45) is 11.8 Å². The van der Waals surface area contributed by atoms with E-state index in [1.165, 1.54) is 4.90 Å². The minimum absolute atomic E-state index is 0.0639. The smallest absolute Gasteiger partial charge is 0.254 e. The van der Waals surface area contributed by atoms with E-state index in [1.807, 2.05) is 75.7 Å². The van der Waals surface area contributed by atoms with Crippen LogP contribution in [0.4, 0.5) is 5.69 Å². The van der Waals surface area contributed by atoms with Gasteiger partial charge in [0, 0.05) is 62.9 Å². The number of benzene rings is 2. The summed E-state index contributed by atoms with van der Waals surface area (Å²) in [5, 5.41) is 37.6. The van der Waals surface area contributed by atoms with Crippen LogP contribution in [-0.2, 0) is 16.0 Å². The van der Waals surface area contributed by atoms with Gasteiger partial charge in [0.15, 0.2) is 5.76 Å². The molecule has 3 saturated heterocycles. The molecule has 2 amide bonds. The zero-order chi connectivity index (χ0) is 45.4. The number of aromatic nitrogens is 4. The Morgan fingerprint density at radius 3 is 2.52 bits per heavy atom. The second-order valence-electron chi connectivity index (χ2n) is 18.7. The first-order valence-corrected chi connectivity index (χ1v) is 24.1. The first kappa shape index (κ1) is 44.8. The molecule has 4 aliphatic heterocycles. The highest BCUT2D eigenvalue weighted by Crippen LogP contribution is 2.39. The van der Waals surface area contributed by atoms with Gasteiger partial charge < -0.3 is 34.6 Å². The second kappa shape index (κ2) is 19.2. The molecule has 4 aliphatic rings. The lowest BCUT2D eigenvalue weighted by atomic mass is 9.86. The number of piperidine rings is 1. The lowest BCUT2D eigenvalue weighted by molar-refractivity contribution is -0.141. The van der Waals surface area contributed by atoms with Crippen molar-refractivity contribution in [1.82, 2.24) is 40.4 Å². The number of aliphatic hydroxyl groups is 1. The van der Waals surface area contributed by atoms with E-state index >= 15 is 0 Å². The molecule has 0 aliphatic carbocycles. The van der Waals surface area contributed by atoms with Crippen LogP contribution in [0.15, 0.2) is 70.7 Å². The number of anilines is 1. The molecule has 3 fully saturated rings. The third-order valence-corrected chi connectivity index (χ3v) is 15.1. The fraction of sp³-hybridized carbons (Fsp3) is 0.510. The fourth-order valence-electron chi connectivity index (χ4n) is 10.4. The first-order chi connectivity index (χ1) is 31.4. The number of aliphatic hydroxyl groups excluding tert-OH is 1. The van der Waals surface area contributed by atoms with E-state index in [0.29, 0.717) is 47.5 Å². The monoisotopic (exact) mass is 903 g/mol. The Kier molecular flexibility index (Phi) is 13.2. The summed E-state index contributed by atoms with van der Waals surface area (Å²) in [7, 11) is 0. The number of piperazine rings is 1. The van der Waals surface area contributed by atoms with Crippen LogP contribution in [0.1, 0.15) is 81.6 Å². The number of hydrogen-bond acceptors (Lipinski definition) is 14.